The van der Waals surface area contributed by atoms with Crippen LogP contribution in [0.2, 0.25) is 0 Å². The highest BCUT2D eigenvalue weighted by atomic mass is 32.1. The topological polar surface area (TPSA) is 46.3 Å². The molecule has 74 valence electrons. The number of primary amides is 1. The number of nitrogens with zero attached hydrogens (tertiary/aromatic N) is 1. The van der Waals surface area contributed by atoms with Crippen LogP contribution in [0, 0.1) is 0 Å². The van der Waals surface area contributed by atoms with Gasteiger partial charge in [-0.2, -0.15) is 12.6 Å². The van der Waals surface area contributed by atoms with Crippen molar-refractivity contribution in [3.8, 4) is 0 Å². The van der Waals surface area contributed by atoms with E-state index in [4.69, 9.17) is 5.73 Å². The van der Waals surface area contributed by atoms with E-state index in [1.165, 1.54) is 5.57 Å². The van der Waals surface area contributed by atoms with E-state index in [1.54, 1.807) is 0 Å². The number of hydrogen-bond donors (Lipinski definition) is 2. The number of carbonyl (C=O) groups excluding carboxylic acids is 1. The highest BCUT2D eigenvalue weighted by molar-refractivity contribution is 7.80. The molecule has 13 heavy (non-hydrogen) atoms. The molecule has 0 aliphatic carbocycles. The minimum atomic E-state index is -0.520. The van der Waals surface area contributed by atoms with E-state index in [2.05, 4.69) is 23.6 Å². The Hall–Kier alpha value is -0.480. The van der Waals surface area contributed by atoms with Gasteiger partial charge < -0.3 is 5.73 Å². The Bertz CT molecular complexity index is 240. The average Bonchev–Trinajstić information content (AvgIpc) is 1.95. The fourth-order valence-corrected chi connectivity index (χ4v) is 1.51. The van der Waals surface area contributed by atoms with E-state index in [1.807, 2.05) is 13.8 Å². The number of rotatable bonds is 3. The van der Waals surface area contributed by atoms with Crippen LogP contribution < -0.4 is 5.73 Å². The van der Waals surface area contributed by atoms with Crippen LogP contribution in [0.4, 0.5) is 0 Å². The molecule has 2 N–H and O–H groups in total. The Balaban J connectivity index is 2.52. The van der Waals surface area contributed by atoms with Gasteiger partial charge in [-0.25, -0.2) is 0 Å². The molecule has 0 spiro atoms. The molecule has 1 aliphatic rings. The van der Waals surface area contributed by atoms with Crippen LogP contribution in [-0.2, 0) is 4.79 Å². The Kier molecular flexibility index (Phi) is 3.03. The number of thiol groups is 1. The fraction of sp³-hybridized carbons (Fsp3) is 0.667. The summed E-state index contributed by atoms with van der Waals surface area (Å²) in [6.07, 6.45) is 2.08. The Morgan fingerprint density at radius 2 is 2.23 bits per heavy atom. The smallest absolute Gasteiger partial charge is 0.237 e. The van der Waals surface area contributed by atoms with E-state index >= 15 is 0 Å². The predicted octanol–water partition coefficient (Wildman–Crippen LogP) is 0.422. The van der Waals surface area contributed by atoms with Crippen LogP contribution in [-0.4, -0.2) is 35.2 Å². The van der Waals surface area contributed by atoms with Crippen molar-refractivity contribution < 1.29 is 4.79 Å². The summed E-state index contributed by atoms with van der Waals surface area (Å²) in [4.78, 5) is 13.1. The van der Waals surface area contributed by atoms with Gasteiger partial charge in [-0.3, -0.25) is 9.69 Å². The second-order valence-corrected chi connectivity index (χ2v) is 4.19. The number of carbonyl (C=O) groups is 1. The summed E-state index contributed by atoms with van der Waals surface area (Å²) in [5, 5.41) is 0. The van der Waals surface area contributed by atoms with Crippen LogP contribution in [0.3, 0.4) is 0 Å². The minimum Gasteiger partial charge on any atom is -0.368 e. The summed E-state index contributed by atoms with van der Waals surface area (Å²) in [5.74, 6) is 0.498. The van der Waals surface area contributed by atoms with Crippen LogP contribution in [0.15, 0.2) is 11.6 Å². The van der Waals surface area contributed by atoms with Crippen molar-refractivity contribution in [1.82, 2.24) is 4.90 Å². The third-order valence-electron chi connectivity index (χ3n) is 2.56. The number of likely N-dealkylation sites (tertiary alicyclic amines) is 1. The van der Waals surface area contributed by atoms with Crippen LogP contribution in [0.25, 0.3) is 0 Å². The molecule has 0 aromatic carbocycles. The average molecular weight is 200 g/mol. The van der Waals surface area contributed by atoms with Gasteiger partial charge in [0.1, 0.15) is 0 Å². The van der Waals surface area contributed by atoms with Gasteiger partial charge in [0.2, 0.25) is 5.91 Å². The van der Waals surface area contributed by atoms with E-state index in [0.717, 1.165) is 18.8 Å². The zero-order valence-corrected chi connectivity index (χ0v) is 8.97. The van der Waals surface area contributed by atoms with E-state index in [9.17, 15) is 4.79 Å². The first-order valence-corrected chi connectivity index (χ1v) is 4.95. The Labute approximate surface area is 84.4 Å². The van der Waals surface area contributed by atoms with Gasteiger partial charge in [0.15, 0.2) is 0 Å². The molecule has 1 rings (SSSR count). The van der Waals surface area contributed by atoms with Gasteiger partial charge in [0.25, 0.3) is 0 Å². The lowest BCUT2D eigenvalue weighted by Crippen LogP contribution is -2.59. The van der Waals surface area contributed by atoms with Gasteiger partial charge in [0.05, 0.1) is 5.54 Å². The van der Waals surface area contributed by atoms with Crippen LogP contribution >= 0.6 is 12.6 Å². The van der Waals surface area contributed by atoms with Crippen molar-refractivity contribution >= 4 is 18.5 Å². The largest absolute Gasteiger partial charge is 0.368 e. The zero-order chi connectivity index (χ0) is 10.1. The van der Waals surface area contributed by atoms with Crippen molar-refractivity contribution in [3.63, 3.8) is 0 Å². The second-order valence-electron chi connectivity index (χ2n) is 3.82. The van der Waals surface area contributed by atoms with Crippen molar-refractivity contribution in [2.24, 2.45) is 5.73 Å². The van der Waals surface area contributed by atoms with Gasteiger partial charge in [-0.1, -0.05) is 6.08 Å². The lowest BCUT2D eigenvalue weighted by Gasteiger charge is -2.44. The molecule has 1 saturated heterocycles. The molecule has 0 bridgehead atoms. The molecule has 4 heteroatoms. The zero-order valence-electron chi connectivity index (χ0n) is 8.08. The van der Waals surface area contributed by atoms with Crippen molar-refractivity contribution in [3.05, 3.63) is 11.6 Å². The van der Waals surface area contributed by atoms with Crippen LogP contribution in [0.5, 0.6) is 0 Å². The number of nitrogens with two attached hydrogens (primary N) is 1. The quantitative estimate of drug-likeness (QED) is 0.512. The summed E-state index contributed by atoms with van der Waals surface area (Å²) in [5.41, 5.74) is 6.10. The summed E-state index contributed by atoms with van der Waals surface area (Å²) in [7, 11) is 0. The molecule has 0 aromatic rings. The maximum Gasteiger partial charge on any atom is 0.237 e. The van der Waals surface area contributed by atoms with Crippen molar-refractivity contribution in [2.45, 2.75) is 19.4 Å². The maximum absolute atomic E-state index is 11.1. The van der Waals surface area contributed by atoms with Crippen LogP contribution in [0.1, 0.15) is 13.8 Å². The summed E-state index contributed by atoms with van der Waals surface area (Å²) < 4.78 is 0. The lowest BCUT2D eigenvalue weighted by molar-refractivity contribution is -0.129. The highest BCUT2D eigenvalue weighted by Crippen LogP contribution is 2.24. The van der Waals surface area contributed by atoms with E-state index in [-0.39, 0.29) is 5.91 Å². The monoisotopic (exact) mass is 200 g/mol. The third kappa shape index (κ3) is 2.06. The SMILES string of the molecule is CC(C)(C(N)=O)N1CC(=CCS)C1. The van der Waals surface area contributed by atoms with Gasteiger partial charge >= 0.3 is 0 Å². The molecule has 3 nitrogen and oxygen atoms in total. The van der Waals surface area contributed by atoms with Gasteiger partial charge in [-0.15, -0.1) is 0 Å². The molecule has 0 saturated carbocycles. The first kappa shape index (κ1) is 10.6. The van der Waals surface area contributed by atoms with Gasteiger partial charge in [0, 0.05) is 18.8 Å². The molecule has 1 heterocycles. The highest BCUT2D eigenvalue weighted by Gasteiger charge is 2.37. The lowest BCUT2D eigenvalue weighted by atomic mass is 9.94. The first-order valence-electron chi connectivity index (χ1n) is 4.32. The number of amides is 1. The Morgan fingerprint density at radius 3 is 2.62 bits per heavy atom. The summed E-state index contributed by atoms with van der Waals surface area (Å²) in [6, 6.07) is 0. The fourth-order valence-electron chi connectivity index (χ4n) is 1.25. The molecule has 1 amide bonds. The first-order chi connectivity index (χ1) is 5.98. The van der Waals surface area contributed by atoms with E-state index < -0.39 is 5.54 Å². The van der Waals surface area contributed by atoms with Crippen molar-refractivity contribution in [2.75, 3.05) is 18.8 Å². The third-order valence-corrected chi connectivity index (χ3v) is 2.74. The molecule has 0 aromatic heterocycles. The summed E-state index contributed by atoms with van der Waals surface area (Å²) >= 11 is 4.10. The predicted molar refractivity (Wildman–Crippen MR) is 56.8 cm³/mol. The molecule has 1 fully saturated rings. The van der Waals surface area contributed by atoms with Gasteiger partial charge in [-0.05, 0) is 19.4 Å². The molecule has 0 unspecified atom stereocenters. The molecule has 0 radical (unpaired) electrons. The van der Waals surface area contributed by atoms with Crippen molar-refractivity contribution in [1.29, 1.82) is 0 Å². The standard InChI is InChI=1S/C9H16N2OS/c1-9(2,8(10)12)11-5-7(6-11)3-4-13/h3,13H,4-6H2,1-2H3,(H2,10,12). The summed E-state index contributed by atoms with van der Waals surface area (Å²) in [6.45, 7) is 5.40. The Morgan fingerprint density at radius 1 is 1.69 bits per heavy atom. The second kappa shape index (κ2) is 3.72. The molecular formula is C9H16N2OS. The molecule has 1 aliphatic heterocycles. The van der Waals surface area contributed by atoms with E-state index in [0.29, 0.717) is 0 Å². The molecule has 0 atom stereocenters. The normalized spacial score (nSPS) is 18.2. The maximum atomic E-state index is 11.1. The minimum absolute atomic E-state index is 0.266. The number of hydrogen-bond acceptors (Lipinski definition) is 3. The molecular weight excluding hydrogens is 184 g/mol.